The molecule has 2 rings (SSSR count). The van der Waals surface area contributed by atoms with E-state index < -0.39 is 0 Å². The molecular formula is C18H28N2O. The van der Waals surface area contributed by atoms with E-state index >= 15 is 0 Å². The lowest BCUT2D eigenvalue weighted by molar-refractivity contribution is 0.245. The number of nitrogens with zero attached hydrogens (tertiary/aromatic N) is 1. The molecule has 0 bridgehead atoms. The van der Waals surface area contributed by atoms with E-state index in [-0.39, 0.29) is 6.10 Å². The molecule has 1 N–H and O–H groups in total. The molecule has 0 amide bonds. The highest BCUT2D eigenvalue weighted by Gasteiger charge is 2.07. The Bertz CT molecular complexity index is 557. The molecule has 3 nitrogen and oxygen atoms in total. The first-order valence-electron chi connectivity index (χ1n) is 8.03. The zero-order valence-electron chi connectivity index (χ0n) is 13.7. The van der Waals surface area contributed by atoms with Gasteiger partial charge in [-0.15, -0.1) is 0 Å². The molecule has 1 aromatic carbocycles. The van der Waals surface area contributed by atoms with Crippen LogP contribution in [-0.2, 0) is 6.54 Å². The van der Waals surface area contributed by atoms with E-state index in [9.17, 15) is 0 Å². The summed E-state index contributed by atoms with van der Waals surface area (Å²) in [5, 5.41) is 4.70. The average molecular weight is 288 g/mol. The Balaban J connectivity index is 1.98. The molecule has 0 saturated carbocycles. The molecule has 0 aliphatic carbocycles. The van der Waals surface area contributed by atoms with Gasteiger partial charge in [0.15, 0.2) is 0 Å². The van der Waals surface area contributed by atoms with Crippen molar-refractivity contribution in [2.75, 3.05) is 13.1 Å². The third kappa shape index (κ3) is 4.50. The molecule has 0 saturated heterocycles. The summed E-state index contributed by atoms with van der Waals surface area (Å²) >= 11 is 0. The summed E-state index contributed by atoms with van der Waals surface area (Å²) < 4.78 is 8.20. The maximum absolute atomic E-state index is 5.88. The normalized spacial score (nSPS) is 11.7. The summed E-state index contributed by atoms with van der Waals surface area (Å²) in [5.74, 6) is 1.70. The highest BCUT2D eigenvalue weighted by molar-refractivity contribution is 5.86. The predicted octanol–water partition coefficient (Wildman–Crippen LogP) is 4.06. The molecule has 21 heavy (non-hydrogen) atoms. The van der Waals surface area contributed by atoms with Crippen molar-refractivity contribution < 1.29 is 4.74 Å². The van der Waals surface area contributed by atoms with Crippen molar-refractivity contribution in [2.24, 2.45) is 5.92 Å². The number of nitrogens with one attached hydrogen (secondary N) is 1. The number of ether oxygens (including phenoxy) is 1. The average Bonchev–Trinajstić information content (AvgIpc) is 2.82. The van der Waals surface area contributed by atoms with Crippen molar-refractivity contribution >= 4 is 10.9 Å². The van der Waals surface area contributed by atoms with E-state index in [4.69, 9.17) is 4.74 Å². The third-order valence-corrected chi connectivity index (χ3v) is 3.44. The molecule has 0 aliphatic rings. The van der Waals surface area contributed by atoms with Gasteiger partial charge >= 0.3 is 0 Å². The van der Waals surface area contributed by atoms with Crippen LogP contribution in [0.4, 0.5) is 0 Å². The molecule has 2 aromatic rings. The Morgan fingerprint density at radius 2 is 1.95 bits per heavy atom. The van der Waals surface area contributed by atoms with Gasteiger partial charge in [0.1, 0.15) is 5.75 Å². The lowest BCUT2D eigenvalue weighted by Crippen LogP contribution is -2.21. The Hall–Kier alpha value is -1.48. The fraction of sp³-hybridized carbons (Fsp3) is 0.556. The van der Waals surface area contributed by atoms with E-state index in [0.29, 0.717) is 5.92 Å². The molecule has 0 fully saturated rings. The zero-order valence-corrected chi connectivity index (χ0v) is 13.7. The van der Waals surface area contributed by atoms with Gasteiger partial charge < -0.3 is 14.6 Å². The lowest BCUT2D eigenvalue weighted by Gasteiger charge is -2.12. The zero-order chi connectivity index (χ0) is 15.2. The van der Waals surface area contributed by atoms with E-state index in [2.05, 4.69) is 68.0 Å². The Morgan fingerprint density at radius 1 is 1.14 bits per heavy atom. The van der Waals surface area contributed by atoms with Gasteiger partial charge in [0.05, 0.1) is 11.6 Å². The summed E-state index contributed by atoms with van der Waals surface area (Å²) in [4.78, 5) is 0. The van der Waals surface area contributed by atoms with Crippen molar-refractivity contribution in [3.63, 3.8) is 0 Å². The van der Waals surface area contributed by atoms with Crippen LogP contribution in [0, 0.1) is 5.92 Å². The van der Waals surface area contributed by atoms with Gasteiger partial charge in [-0.1, -0.05) is 19.9 Å². The summed E-state index contributed by atoms with van der Waals surface area (Å²) in [7, 11) is 0. The van der Waals surface area contributed by atoms with Crippen LogP contribution in [0.2, 0.25) is 0 Å². The molecule has 3 heteroatoms. The molecule has 0 radical (unpaired) electrons. The SMILES string of the molecule is CC(C)CNCCCn1ccc2c(OC(C)C)cccc21. The van der Waals surface area contributed by atoms with Crippen LogP contribution >= 0.6 is 0 Å². The van der Waals surface area contributed by atoms with Crippen LogP contribution in [0.3, 0.4) is 0 Å². The predicted molar refractivity (Wildman–Crippen MR) is 90.0 cm³/mol. The highest BCUT2D eigenvalue weighted by Crippen LogP contribution is 2.27. The van der Waals surface area contributed by atoms with Gasteiger partial charge in [-0.25, -0.2) is 0 Å². The molecule has 1 aromatic heterocycles. The number of hydrogen-bond donors (Lipinski definition) is 1. The van der Waals surface area contributed by atoms with Crippen molar-refractivity contribution in [3.05, 3.63) is 30.5 Å². The first kappa shape index (κ1) is 15.9. The van der Waals surface area contributed by atoms with Crippen molar-refractivity contribution in [3.8, 4) is 5.75 Å². The first-order valence-corrected chi connectivity index (χ1v) is 8.03. The van der Waals surface area contributed by atoms with E-state index in [0.717, 1.165) is 31.8 Å². The van der Waals surface area contributed by atoms with E-state index in [1.807, 2.05) is 0 Å². The van der Waals surface area contributed by atoms with Crippen LogP contribution in [0.1, 0.15) is 34.1 Å². The molecule has 116 valence electrons. The lowest BCUT2D eigenvalue weighted by atomic mass is 10.2. The number of aryl methyl sites for hydroxylation is 1. The largest absolute Gasteiger partial charge is 0.490 e. The second-order valence-corrected chi connectivity index (χ2v) is 6.32. The minimum absolute atomic E-state index is 0.208. The fourth-order valence-corrected chi connectivity index (χ4v) is 2.51. The third-order valence-electron chi connectivity index (χ3n) is 3.44. The minimum atomic E-state index is 0.208. The van der Waals surface area contributed by atoms with Crippen LogP contribution in [0.5, 0.6) is 5.75 Å². The molecule has 1 heterocycles. The Kier molecular flexibility index (Phi) is 5.68. The highest BCUT2D eigenvalue weighted by atomic mass is 16.5. The quantitative estimate of drug-likeness (QED) is 0.741. The van der Waals surface area contributed by atoms with E-state index in [1.54, 1.807) is 0 Å². The monoisotopic (exact) mass is 288 g/mol. The first-order chi connectivity index (χ1) is 10.1. The molecule has 0 atom stereocenters. The summed E-state index contributed by atoms with van der Waals surface area (Å²) in [6, 6.07) is 8.46. The minimum Gasteiger partial charge on any atom is -0.490 e. The van der Waals surface area contributed by atoms with Crippen LogP contribution in [-0.4, -0.2) is 23.8 Å². The Labute approximate surface area is 128 Å². The van der Waals surface area contributed by atoms with Crippen molar-refractivity contribution in [1.82, 2.24) is 9.88 Å². The Morgan fingerprint density at radius 3 is 2.67 bits per heavy atom. The van der Waals surface area contributed by atoms with Crippen molar-refractivity contribution in [1.29, 1.82) is 0 Å². The van der Waals surface area contributed by atoms with Crippen molar-refractivity contribution in [2.45, 2.75) is 46.8 Å². The van der Waals surface area contributed by atoms with Crippen LogP contribution < -0.4 is 10.1 Å². The number of hydrogen-bond acceptors (Lipinski definition) is 2. The second kappa shape index (κ2) is 7.51. The number of rotatable bonds is 8. The van der Waals surface area contributed by atoms with Gasteiger partial charge in [0, 0.05) is 18.1 Å². The maximum atomic E-state index is 5.88. The van der Waals surface area contributed by atoms with Gasteiger partial charge in [0.25, 0.3) is 0 Å². The smallest absolute Gasteiger partial charge is 0.129 e. The topological polar surface area (TPSA) is 26.2 Å². The van der Waals surface area contributed by atoms with Gasteiger partial charge in [-0.3, -0.25) is 0 Å². The second-order valence-electron chi connectivity index (χ2n) is 6.32. The maximum Gasteiger partial charge on any atom is 0.129 e. The number of benzene rings is 1. The standard InChI is InChI=1S/C18H28N2O/c1-14(2)13-19-10-6-11-20-12-9-16-17(20)7-5-8-18(16)21-15(3)4/h5,7-9,12,14-15,19H,6,10-11,13H2,1-4H3. The fourth-order valence-electron chi connectivity index (χ4n) is 2.51. The summed E-state index contributed by atoms with van der Waals surface area (Å²) in [6.45, 7) is 11.8. The number of aromatic nitrogens is 1. The molecule has 0 unspecified atom stereocenters. The van der Waals surface area contributed by atoms with Crippen LogP contribution in [0.15, 0.2) is 30.5 Å². The van der Waals surface area contributed by atoms with Gasteiger partial charge in [-0.2, -0.15) is 0 Å². The van der Waals surface area contributed by atoms with Gasteiger partial charge in [-0.05, 0) is 57.5 Å². The summed E-state index contributed by atoms with van der Waals surface area (Å²) in [6.07, 6.45) is 3.52. The molecular weight excluding hydrogens is 260 g/mol. The molecule has 0 aliphatic heterocycles. The number of fused-ring (bicyclic) bond motifs is 1. The van der Waals surface area contributed by atoms with Gasteiger partial charge in [0.2, 0.25) is 0 Å². The van der Waals surface area contributed by atoms with E-state index in [1.165, 1.54) is 10.9 Å². The summed E-state index contributed by atoms with van der Waals surface area (Å²) in [5.41, 5.74) is 1.26. The van der Waals surface area contributed by atoms with Crippen LogP contribution in [0.25, 0.3) is 10.9 Å². The molecule has 0 spiro atoms.